The van der Waals surface area contributed by atoms with Crippen molar-refractivity contribution in [3.8, 4) is 0 Å². The molecule has 1 aromatic rings. The molecule has 0 saturated heterocycles. The van der Waals surface area contributed by atoms with E-state index in [4.69, 9.17) is 8.27 Å². The normalized spacial score (nSPS) is 20.0. The molecule has 0 amide bonds. The summed E-state index contributed by atoms with van der Waals surface area (Å²) in [6.07, 6.45) is 0. The van der Waals surface area contributed by atoms with E-state index in [9.17, 15) is 0 Å². The highest BCUT2D eigenvalue weighted by atomic mass is 14.5. The van der Waals surface area contributed by atoms with Crippen LogP contribution in [0, 0.1) is 0 Å². The Labute approximate surface area is 51.3 Å². The highest BCUT2D eigenvalue weighted by Crippen LogP contribution is 1.95. The van der Waals surface area contributed by atoms with Gasteiger partial charge in [0.1, 0.15) is 0 Å². The predicted octanol–water partition coefficient (Wildman–Crippen LogP) is 1.27. The molecule has 1 rings (SSSR count). The van der Waals surface area contributed by atoms with E-state index in [-0.39, 0.29) is 17.8 Å². The zero-order valence-corrected chi connectivity index (χ0v) is 3.50. The molecule has 0 fully saturated rings. The van der Waals surface area contributed by atoms with Gasteiger partial charge in [-0.15, -0.1) is 0 Å². The van der Waals surface area contributed by atoms with Crippen molar-refractivity contribution in [1.29, 1.82) is 0 Å². The smallest absolute Gasteiger partial charge is 0.156 e. The summed E-state index contributed by atoms with van der Waals surface area (Å²) >= 11 is 0. The lowest BCUT2D eigenvalue weighted by Crippen LogP contribution is -1.79. The van der Waals surface area contributed by atoms with Crippen LogP contribution in [0.3, 0.4) is 0 Å². The quantitative estimate of drug-likeness (QED) is 0.527. The number of rotatable bonds is 1. The van der Waals surface area contributed by atoms with Crippen LogP contribution in [0.2, 0.25) is 1.41 Å². The van der Waals surface area contributed by atoms with Gasteiger partial charge in [0.05, 0.1) is 6.85 Å². The van der Waals surface area contributed by atoms with Gasteiger partial charge in [-0.2, -0.15) is 0 Å². The topological polar surface area (TPSA) is 26.0 Å². The van der Waals surface area contributed by atoms with Crippen LogP contribution in [0.5, 0.6) is 0 Å². The third kappa shape index (κ3) is 0.929. The number of anilines is 1. The minimum Gasteiger partial charge on any atom is -0.399 e. The number of benzene rings is 1. The van der Waals surface area contributed by atoms with Crippen molar-refractivity contribution >= 4 is 5.69 Å². The van der Waals surface area contributed by atoms with Gasteiger partial charge in [0.2, 0.25) is 0 Å². The van der Waals surface area contributed by atoms with Crippen molar-refractivity contribution in [3.05, 3.63) is 30.2 Å². The zero-order chi connectivity index (χ0) is 10.2. The van der Waals surface area contributed by atoms with E-state index in [0.29, 0.717) is 0 Å². The molecule has 1 aromatic carbocycles. The minimum atomic E-state index is -0.450. The SMILES string of the molecule is [2H]Nc1c([2H])c([2H])c([2H])c([2H])c1[2H]. The van der Waals surface area contributed by atoms with Crippen LogP contribution in [0.4, 0.5) is 5.69 Å². The molecule has 2 N–H and O–H groups in total. The summed E-state index contributed by atoms with van der Waals surface area (Å²) in [7, 11) is 0. The molecule has 0 saturated carbocycles. The molecule has 0 aliphatic rings. The van der Waals surface area contributed by atoms with Crippen molar-refractivity contribution in [1.82, 2.24) is 0 Å². The summed E-state index contributed by atoms with van der Waals surface area (Å²) in [5.41, 5.74) is 1.62. The lowest BCUT2D eigenvalue weighted by molar-refractivity contribution is 1.69. The van der Waals surface area contributed by atoms with Crippen LogP contribution in [-0.2, 0) is 0 Å². The van der Waals surface area contributed by atoms with Crippen LogP contribution < -0.4 is 5.73 Å². The Bertz CT molecular complexity index is 320. The lowest BCUT2D eigenvalue weighted by Gasteiger charge is -1.83. The third-order valence-corrected chi connectivity index (χ3v) is 0.500. The fraction of sp³-hybridized carbons (Fsp3) is 0. The predicted molar refractivity (Wildman–Crippen MR) is 30.9 cm³/mol. The Hall–Kier alpha value is -0.980. The first-order chi connectivity index (χ1) is 6.00. The van der Waals surface area contributed by atoms with Gasteiger partial charge in [-0.25, -0.2) is 0 Å². The summed E-state index contributed by atoms with van der Waals surface area (Å²) < 4.78 is 43.0. The largest absolute Gasteiger partial charge is 0.399 e. The second-order valence-electron chi connectivity index (χ2n) is 1.00. The van der Waals surface area contributed by atoms with E-state index in [1.165, 1.54) is 0 Å². The molecule has 0 heterocycles. The zero-order valence-electron chi connectivity index (χ0n) is 9.50. The van der Waals surface area contributed by atoms with Gasteiger partial charge in [0.15, 0.2) is 1.41 Å². The van der Waals surface area contributed by atoms with Crippen molar-refractivity contribution in [2.45, 2.75) is 0 Å². The van der Waals surface area contributed by atoms with E-state index < -0.39 is 18.1 Å². The van der Waals surface area contributed by atoms with Gasteiger partial charge < -0.3 is 5.73 Å². The Balaban J connectivity index is 3.56. The van der Waals surface area contributed by atoms with Crippen LogP contribution in [0.15, 0.2) is 30.2 Å². The summed E-state index contributed by atoms with van der Waals surface area (Å²) in [5, 5.41) is 0. The van der Waals surface area contributed by atoms with E-state index in [1.54, 1.807) is 0 Å². The van der Waals surface area contributed by atoms with Crippen LogP contribution >= 0.6 is 0 Å². The average molecular weight is 99.2 g/mol. The maximum Gasteiger partial charge on any atom is 0.156 e. The maximum absolute atomic E-state index is 7.28. The molecule has 0 aliphatic heterocycles. The summed E-state index contributed by atoms with van der Waals surface area (Å²) in [6.45, 7) is 0. The van der Waals surface area contributed by atoms with Crippen molar-refractivity contribution in [3.63, 3.8) is 0 Å². The van der Waals surface area contributed by atoms with Gasteiger partial charge in [0.25, 0.3) is 0 Å². The molecular formula is C6H7N. The van der Waals surface area contributed by atoms with Crippen LogP contribution in [0.1, 0.15) is 6.85 Å². The lowest BCUT2D eigenvalue weighted by atomic mass is 10.3. The Kier molecular flexibility index (Phi) is 0.247. The number of hydrogen-bond acceptors (Lipinski definition) is 1. The van der Waals surface area contributed by atoms with Crippen LogP contribution in [-0.4, -0.2) is 0 Å². The van der Waals surface area contributed by atoms with Gasteiger partial charge in [-0.3, -0.25) is 0 Å². The summed E-state index contributed by atoms with van der Waals surface area (Å²) in [5.74, 6) is 0. The minimum absolute atomic E-state index is 0.203. The number of hydrogen-bond donors (Lipinski definition) is 1. The molecule has 0 aliphatic carbocycles. The van der Waals surface area contributed by atoms with E-state index >= 15 is 0 Å². The highest BCUT2D eigenvalue weighted by Gasteiger charge is 1.72. The number of para-hydroxylation sites is 1. The van der Waals surface area contributed by atoms with Gasteiger partial charge in [-0.05, 0) is 12.1 Å². The maximum atomic E-state index is 7.28. The third-order valence-electron chi connectivity index (χ3n) is 0.500. The van der Waals surface area contributed by atoms with Crippen LogP contribution in [0.25, 0.3) is 0 Å². The number of nitrogen functional groups attached to an aromatic ring is 1. The Morgan fingerprint density at radius 1 is 1.43 bits per heavy atom. The molecule has 7 heavy (non-hydrogen) atoms. The molecule has 0 bridgehead atoms. The first-order valence-electron chi connectivity index (χ1n) is 4.75. The second-order valence-corrected chi connectivity index (χ2v) is 1.00. The Morgan fingerprint density at radius 2 is 2.14 bits per heavy atom. The van der Waals surface area contributed by atoms with Crippen molar-refractivity contribution < 1.29 is 8.27 Å². The standard InChI is InChI=1S/C6H7N/c7-6-4-2-1-3-5-6/h1-5H,7H2/i1D,2D,3D,4D,5D/hD. The summed E-state index contributed by atoms with van der Waals surface area (Å²) in [6, 6.07) is -2.09. The highest BCUT2D eigenvalue weighted by molar-refractivity contribution is 5.35. The first-order valence-corrected chi connectivity index (χ1v) is 1.75. The second kappa shape index (κ2) is 1.65. The first kappa shape index (κ1) is 1.05. The fourth-order valence-corrected chi connectivity index (χ4v) is 0.250. The van der Waals surface area contributed by atoms with E-state index in [1.807, 2.05) is 5.73 Å². The van der Waals surface area contributed by atoms with E-state index in [0.717, 1.165) is 0 Å². The van der Waals surface area contributed by atoms with Gasteiger partial charge >= 0.3 is 0 Å². The molecule has 36 valence electrons. The molecule has 1 heteroatoms. The molecule has 0 atom stereocenters. The molecular weight excluding hydrogens is 86.1 g/mol. The van der Waals surface area contributed by atoms with Gasteiger partial charge in [-0.1, -0.05) is 18.1 Å². The molecule has 0 spiro atoms. The van der Waals surface area contributed by atoms with Crippen molar-refractivity contribution in [2.24, 2.45) is 0 Å². The molecule has 0 aromatic heterocycles. The Morgan fingerprint density at radius 3 is 2.71 bits per heavy atom. The monoisotopic (exact) mass is 99.1 g/mol. The molecule has 1 nitrogen and oxygen atoms in total. The molecule has 0 unspecified atom stereocenters. The summed E-state index contributed by atoms with van der Waals surface area (Å²) in [4.78, 5) is 0. The average Bonchev–Trinajstić information content (AvgIpc) is 2.13. The van der Waals surface area contributed by atoms with Crippen molar-refractivity contribution in [2.75, 3.05) is 5.73 Å². The van der Waals surface area contributed by atoms with Gasteiger partial charge in [0, 0.05) is 5.69 Å². The molecule has 0 radical (unpaired) electrons. The fourth-order valence-electron chi connectivity index (χ4n) is 0.250. The number of nitrogens with two attached hydrogens (primary N) is 1. The van der Waals surface area contributed by atoms with E-state index in [2.05, 4.69) is 0 Å².